The molecule has 3 rings (SSSR count). The van der Waals surface area contributed by atoms with Crippen molar-refractivity contribution in [2.45, 2.75) is 19.7 Å². The Bertz CT molecular complexity index is 882. The van der Waals surface area contributed by atoms with Crippen LogP contribution in [0, 0.1) is 5.82 Å². The van der Waals surface area contributed by atoms with Crippen LogP contribution in [-0.4, -0.2) is 7.11 Å². The maximum Gasteiger partial charge on any atom is 0.162 e. The van der Waals surface area contributed by atoms with Gasteiger partial charge in [0.1, 0.15) is 18.2 Å². The number of methoxy groups -OCH3 is 1. The molecule has 0 aliphatic carbocycles. The summed E-state index contributed by atoms with van der Waals surface area (Å²) in [5.41, 5.74) is 1.30. The zero-order valence-electron chi connectivity index (χ0n) is 14.6. The van der Waals surface area contributed by atoms with Gasteiger partial charge in [-0.2, -0.15) is 0 Å². The highest BCUT2D eigenvalue weighted by molar-refractivity contribution is 9.10. The molecule has 0 fully saturated rings. The van der Waals surface area contributed by atoms with Crippen LogP contribution in [0.5, 0.6) is 11.5 Å². The molecule has 0 spiro atoms. The van der Waals surface area contributed by atoms with Gasteiger partial charge in [-0.1, -0.05) is 33.6 Å². The Hall–Kier alpha value is -2.02. The van der Waals surface area contributed by atoms with E-state index in [1.807, 2.05) is 18.2 Å². The molecule has 0 aliphatic rings. The van der Waals surface area contributed by atoms with Crippen molar-refractivity contribution in [2.24, 2.45) is 0 Å². The third kappa shape index (κ3) is 5.03. The molecular weight excluding hydrogens is 437 g/mol. The molecule has 1 N–H and O–H groups in total. The Morgan fingerprint density at radius 2 is 2.00 bits per heavy atom. The van der Waals surface area contributed by atoms with Crippen molar-refractivity contribution in [1.29, 1.82) is 0 Å². The van der Waals surface area contributed by atoms with Gasteiger partial charge in [0.2, 0.25) is 0 Å². The minimum absolute atomic E-state index is 0.00436. The molecule has 1 aromatic heterocycles. The Morgan fingerprint density at radius 1 is 1.15 bits per heavy atom. The van der Waals surface area contributed by atoms with Crippen molar-refractivity contribution in [2.75, 3.05) is 7.11 Å². The zero-order valence-corrected chi connectivity index (χ0v) is 16.9. The number of hydrogen-bond acceptors (Lipinski definition) is 4. The van der Waals surface area contributed by atoms with E-state index in [1.54, 1.807) is 31.6 Å². The van der Waals surface area contributed by atoms with Crippen molar-refractivity contribution in [1.82, 2.24) is 5.32 Å². The third-order valence-corrected chi connectivity index (χ3v) is 5.05. The summed E-state index contributed by atoms with van der Waals surface area (Å²) in [6.07, 6.45) is 1.64. The van der Waals surface area contributed by atoms with Crippen LogP contribution in [0.15, 0.2) is 57.6 Å². The summed E-state index contributed by atoms with van der Waals surface area (Å²) in [4.78, 5) is 0. The maximum atomic E-state index is 13.9. The molecule has 0 amide bonds. The minimum atomic E-state index is -0.403. The van der Waals surface area contributed by atoms with Crippen molar-refractivity contribution in [3.05, 3.63) is 80.9 Å². The fourth-order valence-corrected chi connectivity index (χ4v) is 3.22. The summed E-state index contributed by atoms with van der Waals surface area (Å²) in [5, 5.41) is 3.63. The summed E-state index contributed by atoms with van der Waals surface area (Å²) in [6.45, 7) is 1.23. The van der Waals surface area contributed by atoms with Gasteiger partial charge in [-0.25, -0.2) is 4.39 Å². The minimum Gasteiger partial charge on any atom is -0.493 e. The molecule has 1 heterocycles. The standard InChI is InChI=1S/C20H18BrClFNO3/c1-25-19-8-13(10-24-11-14-4-3-7-26-14)16(21)9-20(19)27-12-15-17(22)5-2-6-18(15)23/h2-9,24H,10-12H2,1H3. The molecule has 0 radical (unpaired) electrons. The zero-order chi connectivity index (χ0) is 19.2. The van der Waals surface area contributed by atoms with Crippen molar-refractivity contribution >= 4 is 27.5 Å². The van der Waals surface area contributed by atoms with E-state index >= 15 is 0 Å². The van der Waals surface area contributed by atoms with E-state index in [2.05, 4.69) is 21.2 Å². The normalized spacial score (nSPS) is 10.8. The maximum absolute atomic E-state index is 13.9. The number of rotatable bonds is 8. The molecule has 4 nitrogen and oxygen atoms in total. The van der Waals surface area contributed by atoms with Crippen LogP contribution in [0.2, 0.25) is 5.02 Å². The number of hydrogen-bond donors (Lipinski definition) is 1. The second kappa shape index (κ2) is 9.26. The number of halogens is 3. The van der Waals surface area contributed by atoms with Gasteiger partial charge in [0.15, 0.2) is 11.5 Å². The van der Waals surface area contributed by atoms with E-state index in [4.69, 9.17) is 25.5 Å². The van der Waals surface area contributed by atoms with Crippen LogP contribution in [-0.2, 0) is 19.7 Å². The van der Waals surface area contributed by atoms with E-state index in [0.717, 1.165) is 15.8 Å². The lowest BCUT2D eigenvalue weighted by molar-refractivity contribution is 0.279. The topological polar surface area (TPSA) is 43.6 Å². The smallest absolute Gasteiger partial charge is 0.162 e. The van der Waals surface area contributed by atoms with Gasteiger partial charge in [0, 0.05) is 16.6 Å². The highest BCUT2D eigenvalue weighted by Gasteiger charge is 2.13. The van der Waals surface area contributed by atoms with E-state index in [9.17, 15) is 4.39 Å². The van der Waals surface area contributed by atoms with Crippen LogP contribution in [0.4, 0.5) is 4.39 Å². The predicted octanol–water partition coefficient (Wildman–Crippen LogP) is 5.71. The van der Waals surface area contributed by atoms with Gasteiger partial charge in [0.05, 0.1) is 24.9 Å². The Labute approximate surface area is 170 Å². The Kier molecular flexibility index (Phi) is 6.77. The van der Waals surface area contributed by atoms with E-state index < -0.39 is 5.82 Å². The number of furan rings is 1. The SMILES string of the molecule is COc1cc(CNCc2ccco2)c(Br)cc1OCc1c(F)cccc1Cl. The average Bonchev–Trinajstić information content (AvgIpc) is 3.16. The molecule has 0 unspecified atom stereocenters. The van der Waals surface area contributed by atoms with Gasteiger partial charge in [-0.05, 0) is 42.0 Å². The number of nitrogens with one attached hydrogen (secondary N) is 1. The second-order valence-corrected chi connectivity index (χ2v) is 7.03. The van der Waals surface area contributed by atoms with Gasteiger partial charge in [-0.3, -0.25) is 0 Å². The summed E-state index contributed by atoms with van der Waals surface area (Å²) >= 11 is 9.59. The molecule has 0 saturated heterocycles. The van der Waals surface area contributed by atoms with E-state index in [1.165, 1.54) is 6.07 Å². The Balaban J connectivity index is 1.69. The van der Waals surface area contributed by atoms with Gasteiger partial charge < -0.3 is 19.2 Å². The van der Waals surface area contributed by atoms with Gasteiger partial charge in [-0.15, -0.1) is 0 Å². The van der Waals surface area contributed by atoms with Crippen molar-refractivity contribution in [3.8, 4) is 11.5 Å². The van der Waals surface area contributed by atoms with Crippen LogP contribution < -0.4 is 14.8 Å². The molecular formula is C20H18BrClFNO3. The summed E-state index contributed by atoms with van der Waals surface area (Å²) in [5.74, 6) is 1.51. The summed E-state index contributed by atoms with van der Waals surface area (Å²) in [6, 6.07) is 12.0. The van der Waals surface area contributed by atoms with Crippen molar-refractivity contribution in [3.63, 3.8) is 0 Å². The fraction of sp³-hybridized carbons (Fsp3) is 0.200. The first-order valence-corrected chi connectivity index (χ1v) is 9.40. The number of ether oxygens (including phenoxy) is 2. The first kappa shape index (κ1) is 19.7. The summed E-state index contributed by atoms with van der Waals surface area (Å²) < 4.78 is 31.2. The first-order valence-electron chi connectivity index (χ1n) is 8.23. The fourth-order valence-electron chi connectivity index (χ4n) is 2.54. The lowest BCUT2D eigenvalue weighted by atomic mass is 10.2. The second-order valence-electron chi connectivity index (χ2n) is 5.77. The van der Waals surface area contributed by atoms with E-state index in [0.29, 0.717) is 35.2 Å². The molecule has 0 atom stereocenters. The monoisotopic (exact) mass is 453 g/mol. The quantitative estimate of drug-likeness (QED) is 0.473. The highest BCUT2D eigenvalue weighted by Crippen LogP contribution is 2.34. The molecule has 0 saturated carbocycles. The first-order chi connectivity index (χ1) is 13.1. The van der Waals surface area contributed by atoms with Crippen LogP contribution in [0.3, 0.4) is 0 Å². The Morgan fingerprint density at radius 3 is 2.70 bits per heavy atom. The lowest BCUT2D eigenvalue weighted by Crippen LogP contribution is -2.13. The molecule has 142 valence electrons. The molecule has 27 heavy (non-hydrogen) atoms. The molecule has 7 heteroatoms. The lowest BCUT2D eigenvalue weighted by Gasteiger charge is -2.15. The number of benzene rings is 2. The van der Waals surface area contributed by atoms with Crippen molar-refractivity contribution < 1.29 is 18.3 Å². The highest BCUT2D eigenvalue weighted by atomic mass is 79.9. The van der Waals surface area contributed by atoms with Crippen LogP contribution >= 0.6 is 27.5 Å². The summed E-state index contributed by atoms with van der Waals surface area (Å²) in [7, 11) is 1.56. The van der Waals surface area contributed by atoms with Crippen LogP contribution in [0.25, 0.3) is 0 Å². The largest absolute Gasteiger partial charge is 0.493 e. The third-order valence-electron chi connectivity index (χ3n) is 3.96. The molecule has 0 aliphatic heterocycles. The molecule has 2 aromatic carbocycles. The molecule has 0 bridgehead atoms. The van der Waals surface area contributed by atoms with E-state index in [-0.39, 0.29) is 6.61 Å². The molecule has 3 aromatic rings. The van der Waals surface area contributed by atoms with Gasteiger partial charge >= 0.3 is 0 Å². The van der Waals surface area contributed by atoms with Gasteiger partial charge in [0.25, 0.3) is 0 Å². The van der Waals surface area contributed by atoms with Crippen LogP contribution in [0.1, 0.15) is 16.9 Å². The predicted molar refractivity (Wildman–Crippen MR) is 106 cm³/mol. The average molecular weight is 455 g/mol.